The van der Waals surface area contributed by atoms with Gasteiger partial charge in [0.1, 0.15) is 11.9 Å². The molecule has 0 saturated carbocycles. The van der Waals surface area contributed by atoms with Crippen LogP contribution in [0, 0.1) is 5.92 Å². The molecule has 1 aliphatic rings. The van der Waals surface area contributed by atoms with Crippen LogP contribution in [0.15, 0.2) is 42.5 Å². The molecule has 94 valence electrons. The zero-order valence-electron chi connectivity index (χ0n) is 10.5. The quantitative estimate of drug-likeness (QED) is 0.764. The van der Waals surface area contributed by atoms with Crippen molar-refractivity contribution in [2.75, 3.05) is 7.11 Å². The van der Waals surface area contributed by atoms with Gasteiger partial charge in [-0.05, 0) is 23.8 Å². The molecular weight excluding hydrogens is 228 g/mol. The van der Waals surface area contributed by atoms with Gasteiger partial charge in [0.15, 0.2) is 0 Å². The lowest BCUT2D eigenvalue weighted by Gasteiger charge is -2.13. The van der Waals surface area contributed by atoms with Crippen LogP contribution in [0.1, 0.15) is 12.5 Å². The van der Waals surface area contributed by atoms with Crippen LogP contribution in [0.25, 0.3) is 6.08 Å². The molecule has 18 heavy (non-hydrogen) atoms. The molecule has 3 heteroatoms. The number of cyclic esters (lactones) is 1. The van der Waals surface area contributed by atoms with E-state index in [1.807, 2.05) is 43.3 Å². The highest BCUT2D eigenvalue weighted by molar-refractivity contribution is 5.84. The largest absolute Gasteiger partial charge is 0.497 e. The van der Waals surface area contributed by atoms with E-state index in [0.717, 1.165) is 11.3 Å². The van der Waals surface area contributed by atoms with E-state index in [4.69, 9.17) is 9.47 Å². The van der Waals surface area contributed by atoms with Gasteiger partial charge in [0.2, 0.25) is 0 Å². The summed E-state index contributed by atoms with van der Waals surface area (Å²) < 4.78 is 10.2. The maximum atomic E-state index is 11.0. The second-order valence-electron chi connectivity index (χ2n) is 4.25. The molecule has 0 spiro atoms. The molecule has 0 fully saturated rings. The van der Waals surface area contributed by atoms with Gasteiger partial charge in [-0.15, -0.1) is 0 Å². The summed E-state index contributed by atoms with van der Waals surface area (Å²) >= 11 is 0. The molecule has 0 amide bonds. The van der Waals surface area contributed by atoms with Gasteiger partial charge in [-0.2, -0.15) is 0 Å². The van der Waals surface area contributed by atoms with Gasteiger partial charge in [0.05, 0.1) is 7.11 Å². The molecule has 0 N–H and O–H groups in total. The van der Waals surface area contributed by atoms with Crippen molar-refractivity contribution in [2.45, 2.75) is 13.0 Å². The van der Waals surface area contributed by atoms with E-state index in [2.05, 4.69) is 0 Å². The first-order valence-electron chi connectivity index (χ1n) is 5.90. The number of hydrogen-bond acceptors (Lipinski definition) is 3. The van der Waals surface area contributed by atoms with E-state index in [0.29, 0.717) is 0 Å². The van der Waals surface area contributed by atoms with E-state index < -0.39 is 0 Å². The van der Waals surface area contributed by atoms with Crippen molar-refractivity contribution in [1.82, 2.24) is 0 Å². The summed E-state index contributed by atoms with van der Waals surface area (Å²) in [6, 6.07) is 7.80. The predicted molar refractivity (Wildman–Crippen MR) is 70.2 cm³/mol. The third kappa shape index (κ3) is 3.00. The molecule has 2 atom stereocenters. The van der Waals surface area contributed by atoms with Crippen molar-refractivity contribution < 1.29 is 14.3 Å². The number of methoxy groups -OCH3 is 1. The Morgan fingerprint density at radius 2 is 2.06 bits per heavy atom. The van der Waals surface area contributed by atoms with Crippen LogP contribution >= 0.6 is 0 Å². The molecule has 0 aliphatic carbocycles. The summed E-state index contributed by atoms with van der Waals surface area (Å²) in [7, 11) is 1.65. The molecule has 3 nitrogen and oxygen atoms in total. The second kappa shape index (κ2) is 5.54. The van der Waals surface area contributed by atoms with Crippen LogP contribution in [-0.2, 0) is 9.53 Å². The van der Waals surface area contributed by atoms with Crippen LogP contribution in [0.5, 0.6) is 5.75 Å². The molecule has 0 aromatic heterocycles. The molecule has 2 rings (SSSR count). The van der Waals surface area contributed by atoms with Gasteiger partial charge in [0.25, 0.3) is 0 Å². The summed E-state index contributed by atoms with van der Waals surface area (Å²) in [6.45, 7) is 2.02. The van der Waals surface area contributed by atoms with Crippen LogP contribution < -0.4 is 4.74 Å². The molecule has 1 aromatic rings. The summed E-state index contributed by atoms with van der Waals surface area (Å²) in [5.41, 5.74) is 1.09. The summed E-state index contributed by atoms with van der Waals surface area (Å²) in [6.07, 6.45) is 7.18. The minimum atomic E-state index is -0.260. The first kappa shape index (κ1) is 12.4. The Bertz CT molecular complexity index is 471. The number of esters is 1. The van der Waals surface area contributed by atoms with Gasteiger partial charge < -0.3 is 9.47 Å². The minimum Gasteiger partial charge on any atom is -0.497 e. The zero-order chi connectivity index (χ0) is 13.0. The maximum Gasteiger partial charge on any atom is 0.331 e. The Morgan fingerprint density at radius 1 is 1.33 bits per heavy atom. The number of carbonyl (C=O) groups excluding carboxylic acids is 1. The number of carbonyl (C=O) groups is 1. The third-order valence-electron chi connectivity index (χ3n) is 2.90. The number of ether oxygens (including phenoxy) is 2. The molecule has 1 aromatic carbocycles. The fourth-order valence-electron chi connectivity index (χ4n) is 1.76. The summed E-state index contributed by atoms with van der Waals surface area (Å²) in [4.78, 5) is 11.0. The summed E-state index contributed by atoms with van der Waals surface area (Å²) in [5, 5.41) is 0. The first-order chi connectivity index (χ1) is 8.69. The smallest absolute Gasteiger partial charge is 0.331 e. The van der Waals surface area contributed by atoms with Gasteiger partial charge in [-0.3, -0.25) is 0 Å². The van der Waals surface area contributed by atoms with Crippen LogP contribution in [0.2, 0.25) is 0 Å². The molecular formula is C15H16O3. The molecule has 0 radical (unpaired) electrons. The van der Waals surface area contributed by atoms with Crippen LogP contribution in [0.4, 0.5) is 0 Å². The van der Waals surface area contributed by atoms with Crippen LogP contribution in [-0.4, -0.2) is 19.2 Å². The van der Waals surface area contributed by atoms with E-state index in [1.165, 1.54) is 6.08 Å². The zero-order valence-corrected chi connectivity index (χ0v) is 10.5. The van der Waals surface area contributed by atoms with Crippen molar-refractivity contribution in [3.63, 3.8) is 0 Å². The Balaban J connectivity index is 1.97. The minimum absolute atomic E-state index is 0.146. The fraction of sp³-hybridized carbons (Fsp3) is 0.267. The highest BCUT2D eigenvalue weighted by Crippen LogP contribution is 2.18. The lowest BCUT2D eigenvalue weighted by atomic mass is 10.0. The highest BCUT2D eigenvalue weighted by Gasteiger charge is 2.20. The number of benzene rings is 1. The normalized spacial score (nSPS) is 20.1. The predicted octanol–water partition coefficient (Wildman–Crippen LogP) is 2.83. The third-order valence-corrected chi connectivity index (χ3v) is 2.90. The molecule has 1 aliphatic heterocycles. The van der Waals surface area contributed by atoms with Crippen LogP contribution in [0.3, 0.4) is 0 Å². The Labute approximate surface area is 107 Å². The topological polar surface area (TPSA) is 35.5 Å². The van der Waals surface area contributed by atoms with Crippen molar-refractivity contribution >= 4 is 12.0 Å². The SMILES string of the molecule is COc1ccc(/C=C/C(C)C2C=CC(=O)O2)cc1. The van der Waals surface area contributed by atoms with E-state index in [9.17, 15) is 4.79 Å². The Kier molecular flexibility index (Phi) is 3.82. The monoisotopic (exact) mass is 244 g/mol. The van der Waals surface area contributed by atoms with Crippen molar-refractivity contribution in [2.24, 2.45) is 5.92 Å². The van der Waals surface area contributed by atoms with E-state index >= 15 is 0 Å². The number of hydrogen-bond donors (Lipinski definition) is 0. The molecule has 2 unspecified atom stereocenters. The van der Waals surface area contributed by atoms with E-state index in [1.54, 1.807) is 13.2 Å². The fourth-order valence-corrected chi connectivity index (χ4v) is 1.76. The highest BCUT2D eigenvalue weighted by atomic mass is 16.5. The number of rotatable bonds is 4. The lowest BCUT2D eigenvalue weighted by molar-refractivity contribution is -0.139. The first-order valence-corrected chi connectivity index (χ1v) is 5.90. The van der Waals surface area contributed by atoms with Gasteiger partial charge in [-0.1, -0.05) is 31.2 Å². The summed E-state index contributed by atoms with van der Waals surface area (Å²) in [5.74, 6) is 0.743. The molecule has 0 bridgehead atoms. The van der Waals surface area contributed by atoms with Crippen molar-refractivity contribution in [1.29, 1.82) is 0 Å². The van der Waals surface area contributed by atoms with Crippen molar-refractivity contribution in [3.8, 4) is 5.75 Å². The molecule has 0 saturated heterocycles. The second-order valence-corrected chi connectivity index (χ2v) is 4.25. The standard InChI is InChI=1S/C15H16O3/c1-11(14-9-10-15(16)18-14)3-4-12-5-7-13(17-2)8-6-12/h3-11,14H,1-2H3/b4-3+. The average Bonchev–Trinajstić information content (AvgIpc) is 2.83. The Morgan fingerprint density at radius 3 is 2.61 bits per heavy atom. The Hall–Kier alpha value is -2.03. The van der Waals surface area contributed by atoms with Gasteiger partial charge in [-0.25, -0.2) is 4.79 Å². The maximum absolute atomic E-state index is 11.0. The van der Waals surface area contributed by atoms with E-state index in [-0.39, 0.29) is 18.0 Å². The average molecular weight is 244 g/mol. The molecule has 1 heterocycles. The van der Waals surface area contributed by atoms with Gasteiger partial charge >= 0.3 is 5.97 Å². The van der Waals surface area contributed by atoms with Crippen molar-refractivity contribution in [3.05, 3.63) is 48.1 Å². The lowest BCUT2D eigenvalue weighted by Crippen LogP contribution is -2.15. The van der Waals surface area contributed by atoms with Gasteiger partial charge in [0, 0.05) is 12.0 Å².